The number of benzene rings is 4. The minimum absolute atomic E-state index is 0.947. The maximum absolute atomic E-state index is 4.95. The van der Waals surface area contributed by atoms with Crippen LogP contribution in [0.3, 0.4) is 0 Å². The monoisotopic (exact) mass is 446 g/mol. The fourth-order valence-electron chi connectivity index (χ4n) is 7.21. The summed E-state index contributed by atoms with van der Waals surface area (Å²) in [5, 5.41) is 0. The number of rotatable bonds is 0. The largest absolute Gasteiger partial charge is 0.294 e. The predicted molar refractivity (Wildman–Crippen MR) is 141 cm³/mol. The molecule has 0 bridgehead atoms. The number of hydrogen-bond acceptors (Lipinski definition) is 2. The molecule has 2 nitrogen and oxygen atoms in total. The van der Waals surface area contributed by atoms with Crippen molar-refractivity contribution in [3.05, 3.63) is 130 Å². The predicted octanol–water partition coefficient (Wildman–Crippen LogP) is 7.50. The zero-order valence-electron chi connectivity index (χ0n) is 19.3. The van der Waals surface area contributed by atoms with Crippen LogP contribution in [-0.2, 0) is 25.7 Å². The van der Waals surface area contributed by atoms with Gasteiger partial charge < -0.3 is 0 Å². The number of anilines is 3. The third-order valence-corrected chi connectivity index (χ3v) is 8.55. The van der Waals surface area contributed by atoms with Gasteiger partial charge >= 0.3 is 0 Å². The Balaban J connectivity index is 1.37. The Kier molecular flexibility index (Phi) is 3.27. The molecule has 0 fully saturated rings. The minimum atomic E-state index is 0.947. The van der Waals surface area contributed by atoms with Crippen molar-refractivity contribution < 1.29 is 0 Å². The van der Waals surface area contributed by atoms with Gasteiger partial charge in [-0.25, -0.2) is 4.98 Å². The van der Waals surface area contributed by atoms with Gasteiger partial charge in [0.1, 0.15) is 5.82 Å². The van der Waals surface area contributed by atoms with E-state index in [1.807, 2.05) is 6.20 Å². The summed E-state index contributed by atoms with van der Waals surface area (Å²) in [6.45, 7) is 0. The van der Waals surface area contributed by atoms with Gasteiger partial charge in [-0.3, -0.25) is 4.90 Å². The van der Waals surface area contributed by atoms with E-state index in [1.165, 1.54) is 78.1 Å². The number of fused-ring (bicyclic) bond motifs is 12. The molecule has 0 amide bonds. The van der Waals surface area contributed by atoms with E-state index in [-0.39, 0.29) is 0 Å². The third kappa shape index (κ3) is 2.23. The van der Waals surface area contributed by atoms with Gasteiger partial charge in [-0.2, -0.15) is 0 Å². The zero-order chi connectivity index (χ0) is 22.7. The van der Waals surface area contributed by atoms with Crippen molar-refractivity contribution in [2.45, 2.75) is 25.7 Å². The van der Waals surface area contributed by atoms with Gasteiger partial charge in [0.15, 0.2) is 0 Å². The fourth-order valence-corrected chi connectivity index (χ4v) is 7.21. The van der Waals surface area contributed by atoms with Crippen LogP contribution in [0.5, 0.6) is 0 Å². The normalized spacial score (nSPS) is 14.9. The molecule has 4 aromatic carbocycles. The third-order valence-electron chi connectivity index (χ3n) is 8.55. The van der Waals surface area contributed by atoms with Gasteiger partial charge in [-0.1, -0.05) is 66.7 Å². The molecule has 2 heteroatoms. The second kappa shape index (κ2) is 6.28. The highest BCUT2D eigenvalue weighted by atomic mass is 15.2. The number of pyridine rings is 1. The second-order valence-corrected chi connectivity index (χ2v) is 10.3. The lowest BCUT2D eigenvalue weighted by Gasteiger charge is -2.40. The van der Waals surface area contributed by atoms with Crippen molar-refractivity contribution >= 4 is 17.2 Å². The average molecular weight is 447 g/mol. The van der Waals surface area contributed by atoms with Crippen molar-refractivity contribution in [1.29, 1.82) is 0 Å². The quantitative estimate of drug-likeness (QED) is 0.240. The molecule has 9 rings (SSSR count). The molecule has 4 aliphatic rings. The number of nitrogens with zero attached hydrogens (tertiary/aromatic N) is 2. The molecule has 0 atom stereocenters. The van der Waals surface area contributed by atoms with Gasteiger partial charge in [-0.15, -0.1) is 0 Å². The Morgan fingerprint density at radius 3 is 2.06 bits per heavy atom. The van der Waals surface area contributed by atoms with Gasteiger partial charge in [0.25, 0.3) is 0 Å². The van der Waals surface area contributed by atoms with E-state index in [0.717, 1.165) is 31.5 Å². The van der Waals surface area contributed by atoms with E-state index in [4.69, 9.17) is 4.98 Å². The molecule has 1 aromatic heterocycles. The van der Waals surface area contributed by atoms with Crippen LogP contribution in [0.15, 0.2) is 85.1 Å². The Labute approximate surface area is 204 Å². The lowest BCUT2D eigenvalue weighted by molar-refractivity contribution is 0.978. The van der Waals surface area contributed by atoms with Crippen LogP contribution in [0.2, 0.25) is 0 Å². The Morgan fingerprint density at radius 2 is 1.23 bits per heavy atom. The summed E-state index contributed by atoms with van der Waals surface area (Å²) in [6.07, 6.45) is 5.95. The summed E-state index contributed by atoms with van der Waals surface area (Å²) in [7, 11) is 0. The molecule has 0 saturated heterocycles. The van der Waals surface area contributed by atoms with E-state index < -0.39 is 0 Å². The second-order valence-electron chi connectivity index (χ2n) is 10.3. The van der Waals surface area contributed by atoms with Crippen LogP contribution in [0.25, 0.3) is 22.3 Å². The lowest BCUT2D eigenvalue weighted by atomic mass is 9.81. The van der Waals surface area contributed by atoms with Crippen molar-refractivity contribution in [3.8, 4) is 22.3 Å². The molecular formula is C33H22N2. The van der Waals surface area contributed by atoms with E-state index in [0.29, 0.717) is 0 Å². The SMILES string of the molecule is c1ccc2c(c1)Cc1ccc3c(c1-2)Cc1cc2c(c4c1N3c1ncccc1C4)-c1ccccc1C2. The molecule has 5 aromatic rings. The first-order chi connectivity index (χ1) is 17.3. The molecule has 0 saturated carbocycles. The first-order valence-corrected chi connectivity index (χ1v) is 12.6. The number of aromatic nitrogens is 1. The molecule has 2 aliphatic carbocycles. The summed E-state index contributed by atoms with van der Waals surface area (Å²) in [4.78, 5) is 7.44. The van der Waals surface area contributed by atoms with Crippen LogP contribution in [0.4, 0.5) is 17.2 Å². The van der Waals surface area contributed by atoms with Crippen LogP contribution in [0.1, 0.15) is 44.5 Å². The van der Waals surface area contributed by atoms with Crippen molar-refractivity contribution in [3.63, 3.8) is 0 Å². The summed E-state index contributed by atoms with van der Waals surface area (Å²) in [6, 6.07) is 29.5. The van der Waals surface area contributed by atoms with E-state index in [1.54, 1.807) is 0 Å². The topological polar surface area (TPSA) is 16.1 Å². The first kappa shape index (κ1) is 18.2. The van der Waals surface area contributed by atoms with E-state index >= 15 is 0 Å². The molecule has 2 aliphatic heterocycles. The first-order valence-electron chi connectivity index (χ1n) is 12.6. The van der Waals surface area contributed by atoms with Crippen molar-refractivity contribution in [1.82, 2.24) is 4.98 Å². The summed E-state index contributed by atoms with van der Waals surface area (Å²) in [5.41, 5.74) is 20.0. The zero-order valence-corrected chi connectivity index (χ0v) is 19.3. The van der Waals surface area contributed by atoms with Crippen LogP contribution < -0.4 is 4.90 Å². The Morgan fingerprint density at radius 1 is 0.543 bits per heavy atom. The van der Waals surface area contributed by atoms with Gasteiger partial charge in [0, 0.05) is 19.0 Å². The average Bonchev–Trinajstić information content (AvgIpc) is 3.46. The molecule has 0 spiro atoms. The molecular weight excluding hydrogens is 424 g/mol. The highest BCUT2D eigenvalue weighted by Gasteiger charge is 2.38. The Hall–Kier alpha value is -4.17. The smallest absolute Gasteiger partial charge is 0.141 e. The molecule has 35 heavy (non-hydrogen) atoms. The fraction of sp³-hybridized carbons (Fsp3) is 0.121. The van der Waals surface area contributed by atoms with Crippen molar-refractivity contribution in [2.75, 3.05) is 4.90 Å². The van der Waals surface area contributed by atoms with Gasteiger partial charge in [0.2, 0.25) is 0 Å². The number of hydrogen-bond donors (Lipinski definition) is 0. The van der Waals surface area contributed by atoms with Crippen LogP contribution in [-0.4, -0.2) is 4.98 Å². The molecule has 3 heterocycles. The van der Waals surface area contributed by atoms with E-state index in [2.05, 4.69) is 83.8 Å². The van der Waals surface area contributed by atoms with Crippen LogP contribution in [0, 0.1) is 0 Å². The highest BCUT2D eigenvalue weighted by molar-refractivity contribution is 5.97. The summed E-state index contributed by atoms with van der Waals surface area (Å²) >= 11 is 0. The summed E-state index contributed by atoms with van der Waals surface area (Å²) in [5.74, 6) is 1.10. The van der Waals surface area contributed by atoms with Crippen molar-refractivity contribution in [2.24, 2.45) is 0 Å². The molecule has 0 unspecified atom stereocenters. The van der Waals surface area contributed by atoms with E-state index in [9.17, 15) is 0 Å². The lowest BCUT2D eigenvalue weighted by Crippen LogP contribution is -2.26. The van der Waals surface area contributed by atoms with Gasteiger partial charge in [0.05, 0.1) is 11.4 Å². The molecule has 164 valence electrons. The highest BCUT2D eigenvalue weighted by Crippen LogP contribution is 2.56. The summed E-state index contributed by atoms with van der Waals surface area (Å²) < 4.78 is 0. The van der Waals surface area contributed by atoms with Crippen LogP contribution >= 0.6 is 0 Å². The molecule has 0 radical (unpaired) electrons. The maximum atomic E-state index is 4.95. The maximum Gasteiger partial charge on any atom is 0.141 e. The van der Waals surface area contributed by atoms with Gasteiger partial charge in [-0.05, 0) is 91.7 Å². The molecule has 0 N–H and O–H groups in total. The standard InChI is InChI=1S/C33H22N2/c1-3-9-25-19(6-1)14-21-11-12-29-27(30(21)25)18-24-16-23-15-20-7-2-4-10-26(20)31(23)28-17-22-8-5-13-34-33(22)35(29)32(24)28/h1-13,16H,14-15,17-18H2. The Bertz CT molecular complexity index is 1760. The minimum Gasteiger partial charge on any atom is -0.294 e.